The Labute approximate surface area is 96.2 Å². The van der Waals surface area contributed by atoms with Gasteiger partial charge in [-0.1, -0.05) is 0 Å². The monoisotopic (exact) mass is 270 g/mol. The van der Waals surface area contributed by atoms with Gasteiger partial charge in [0.2, 0.25) is 0 Å². The van der Waals surface area contributed by atoms with Crippen LogP contribution in [0.3, 0.4) is 0 Å². The number of hydrogen-bond donors (Lipinski definition) is 0. The van der Waals surface area contributed by atoms with E-state index in [1.165, 1.54) is 4.46 Å². The molecule has 1 saturated heterocycles. The quantitative estimate of drug-likeness (QED) is 0.614. The van der Waals surface area contributed by atoms with Gasteiger partial charge in [0.05, 0.1) is 0 Å². The third-order valence-corrected chi connectivity index (χ3v) is 5.36. The number of ether oxygens (including phenoxy) is 1. The van der Waals surface area contributed by atoms with Crippen LogP contribution in [0.4, 0.5) is 0 Å². The van der Waals surface area contributed by atoms with Crippen LogP contribution < -0.4 is 4.46 Å². The second kappa shape index (κ2) is 4.38. The molecule has 1 aromatic rings. The van der Waals surface area contributed by atoms with Crippen molar-refractivity contribution in [3.05, 3.63) is 30.3 Å². The third-order valence-electron chi connectivity index (χ3n) is 2.51. The van der Waals surface area contributed by atoms with Crippen LogP contribution in [0.1, 0.15) is 19.8 Å². The predicted octanol–water partition coefficient (Wildman–Crippen LogP) is 1.53. The zero-order valence-corrected chi connectivity index (χ0v) is 10.4. The third kappa shape index (κ3) is 2.83. The first kappa shape index (κ1) is 10.7. The first-order valence-electron chi connectivity index (χ1n) is 5.08. The molecule has 1 fully saturated rings. The van der Waals surface area contributed by atoms with Gasteiger partial charge in [-0.2, -0.15) is 0 Å². The fourth-order valence-electron chi connectivity index (χ4n) is 1.60. The molecule has 1 heterocycles. The summed E-state index contributed by atoms with van der Waals surface area (Å²) in [5, 5.41) is 0.982. The van der Waals surface area contributed by atoms with Crippen molar-refractivity contribution >= 4 is 25.4 Å². The Bertz CT molecular complexity index is 350. The number of carbonyl (C=O) groups excluding carboxylic acids is 1. The van der Waals surface area contributed by atoms with Crippen molar-refractivity contribution in [3.8, 4) is 0 Å². The summed E-state index contributed by atoms with van der Waals surface area (Å²) in [5.74, 6) is -0.0404. The van der Waals surface area contributed by atoms with Gasteiger partial charge in [-0.25, -0.2) is 0 Å². The van der Waals surface area contributed by atoms with E-state index in [1.54, 1.807) is 0 Å². The van der Waals surface area contributed by atoms with Gasteiger partial charge < -0.3 is 0 Å². The minimum absolute atomic E-state index is 0.0404. The summed E-state index contributed by atoms with van der Waals surface area (Å²) >= 11 is 0.403. The average Bonchev–Trinajstić information content (AvgIpc) is 2.58. The molecule has 0 saturated carbocycles. The van der Waals surface area contributed by atoms with Gasteiger partial charge in [0.15, 0.2) is 0 Å². The van der Waals surface area contributed by atoms with Gasteiger partial charge in [0.1, 0.15) is 0 Å². The molecule has 0 bridgehead atoms. The van der Waals surface area contributed by atoms with Crippen LogP contribution in [-0.2, 0) is 9.53 Å². The molecule has 1 aliphatic heterocycles. The van der Waals surface area contributed by atoms with E-state index >= 15 is 0 Å². The summed E-state index contributed by atoms with van der Waals surface area (Å²) in [7, 11) is 0. The molecule has 80 valence electrons. The molecule has 0 aromatic heterocycles. The molecule has 1 aromatic carbocycles. The Morgan fingerprint density at radius 2 is 2.13 bits per heavy atom. The van der Waals surface area contributed by atoms with E-state index in [2.05, 4.69) is 24.3 Å². The van der Waals surface area contributed by atoms with Crippen LogP contribution in [0, 0.1) is 0 Å². The summed E-state index contributed by atoms with van der Waals surface area (Å²) in [6, 6.07) is 10.4. The Kier molecular flexibility index (Phi) is 3.13. The van der Waals surface area contributed by atoms with Crippen molar-refractivity contribution in [1.82, 2.24) is 0 Å². The van der Waals surface area contributed by atoms with Gasteiger partial charge in [-0.15, -0.1) is 0 Å². The van der Waals surface area contributed by atoms with Gasteiger partial charge >= 0.3 is 95.9 Å². The molecular weight excluding hydrogens is 255 g/mol. The molecule has 15 heavy (non-hydrogen) atoms. The molecule has 1 atom stereocenters. The predicted molar refractivity (Wildman–Crippen MR) is 60.4 cm³/mol. The SMILES string of the molecule is CC1(C[Se]c2ccccc2)CCC(=O)O1. The summed E-state index contributed by atoms with van der Waals surface area (Å²) in [4.78, 5) is 11.1. The topological polar surface area (TPSA) is 26.3 Å². The second-order valence-corrected chi connectivity index (χ2v) is 6.23. The van der Waals surface area contributed by atoms with Crippen molar-refractivity contribution in [1.29, 1.82) is 0 Å². The number of hydrogen-bond acceptors (Lipinski definition) is 2. The van der Waals surface area contributed by atoms with Crippen LogP contribution in [0.15, 0.2) is 30.3 Å². The zero-order valence-electron chi connectivity index (χ0n) is 8.73. The summed E-state index contributed by atoms with van der Waals surface area (Å²) in [6.45, 7) is 2.04. The summed E-state index contributed by atoms with van der Waals surface area (Å²) in [5.41, 5.74) is -0.201. The van der Waals surface area contributed by atoms with Crippen LogP contribution in [0.25, 0.3) is 0 Å². The van der Waals surface area contributed by atoms with E-state index in [0.29, 0.717) is 21.4 Å². The number of carbonyl (C=O) groups is 1. The maximum atomic E-state index is 11.1. The number of benzene rings is 1. The van der Waals surface area contributed by atoms with Crippen LogP contribution in [-0.4, -0.2) is 26.5 Å². The average molecular weight is 269 g/mol. The standard InChI is InChI=1S/C12H14O2Se/c1-12(8-7-11(13)14-12)9-15-10-5-3-2-4-6-10/h2-6H,7-9H2,1H3. The van der Waals surface area contributed by atoms with Crippen LogP contribution in [0.2, 0.25) is 5.32 Å². The summed E-state index contributed by atoms with van der Waals surface area (Å²) in [6.07, 6.45) is 1.46. The van der Waals surface area contributed by atoms with Gasteiger partial charge in [-0.3, -0.25) is 0 Å². The normalized spacial score (nSPS) is 25.3. The molecule has 0 amide bonds. The van der Waals surface area contributed by atoms with Gasteiger partial charge in [-0.05, 0) is 0 Å². The van der Waals surface area contributed by atoms with E-state index < -0.39 is 0 Å². The Morgan fingerprint density at radius 1 is 1.40 bits per heavy atom. The molecule has 0 aliphatic carbocycles. The Morgan fingerprint density at radius 3 is 2.73 bits per heavy atom. The molecule has 3 heteroatoms. The van der Waals surface area contributed by atoms with E-state index in [1.807, 2.05) is 13.0 Å². The molecular formula is C12H14O2Se. The van der Waals surface area contributed by atoms with Crippen LogP contribution >= 0.6 is 0 Å². The number of rotatable bonds is 3. The number of esters is 1. The molecule has 2 rings (SSSR count). The van der Waals surface area contributed by atoms with E-state index in [4.69, 9.17) is 4.74 Å². The molecule has 0 spiro atoms. The van der Waals surface area contributed by atoms with Crippen molar-refractivity contribution in [2.24, 2.45) is 0 Å². The summed E-state index contributed by atoms with van der Waals surface area (Å²) < 4.78 is 6.72. The fourth-order valence-corrected chi connectivity index (χ4v) is 3.75. The minimum atomic E-state index is -0.201. The van der Waals surface area contributed by atoms with Gasteiger partial charge in [0.25, 0.3) is 0 Å². The van der Waals surface area contributed by atoms with Crippen molar-refractivity contribution < 1.29 is 9.53 Å². The van der Waals surface area contributed by atoms with Crippen molar-refractivity contribution in [2.75, 3.05) is 0 Å². The van der Waals surface area contributed by atoms with Gasteiger partial charge in [0, 0.05) is 0 Å². The molecule has 2 nitrogen and oxygen atoms in total. The maximum absolute atomic E-state index is 11.1. The fraction of sp³-hybridized carbons (Fsp3) is 0.417. The Balaban J connectivity index is 1.91. The number of cyclic esters (lactones) is 1. The van der Waals surface area contributed by atoms with E-state index in [-0.39, 0.29) is 11.6 Å². The van der Waals surface area contributed by atoms with Crippen molar-refractivity contribution in [3.63, 3.8) is 0 Å². The Hall–Kier alpha value is -0.791. The zero-order chi connectivity index (χ0) is 10.7. The van der Waals surface area contributed by atoms with Crippen LogP contribution in [0.5, 0.6) is 0 Å². The molecule has 1 aliphatic rings. The van der Waals surface area contributed by atoms with E-state index in [9.17, 15) is 4.79 Å². The second-order valence-electron chi connectivity index (χ2n) is 4.03. The first-order valence-corrected chi connectivity index (χ1v) is 7.14. The van der Waals surface area contributed by atoms with E-state index in [0.717, 1.165) is 11.7 Å². The van der Waals surface area contributed by atoms with Crippen molar-refractivity contribution in [2.45, 2.75) is 30.7 Å². The first-order chi connectivity index (χ1) is 7.18. The molecule has 0 N–H and O–H groups in total. The molecule has 0 radical (unpaired) electrons. The molecule has 1 unspecified atom stereocenters.